The fraction of sp³-hybridized carbons (Fsp3) is 0.786. The van der Waals surface area contributed by atoms with Crippen LogP contribution in [0.25, 0.3) is 0 Å². The van der Waals surface area contributed by atoms with Crippen molar-refractivity contribution in [2.24, 2.45) is 76.4 Å². The SMILES string of the molecule is CCC1CC(N(C2=CCC(F)CC2)C2C=C[C@H]3C4CCCCC2C43)C2C=C3C4=C(CCC3(C)C)CC(N(C3CCC(F)CC3)C3C=CCC5CCCCC53)C3C=CC1C2C43. The summed E-state index contributed by atoms with van der Waals surface area (Å²) in [4.78, 5) is 6.23. The second-order valence-corrected chi connectivity index (χ2v) is 23.8. The summed E-state index contributed by atoms with van der Waals surface area (Å²) >= 11 is 0. The zero-order chi connectivity index (χ0) is 40.4. The highest BCUT2D eigenvalue weighted by molar-refractivity contribution is 5.52. The van der Waals surface area contributed by atoms with Crippen molar-refractivity contribution in [1.29, 1.82) is 0 Å². The number of hydrogen-bond acceptors (Lipinski definition) is 2. The van der Waals surface area contributed by atoms with Crippen LogP contribution in [0, 0.1) is 76.4 Å². The predicted octanol–water partition coefficient (Wildman–Crippen LogP) is 13.7. The van der Waals surface area contributed by atoms with Crippen molar-refractivity contribution < 1.29 is 8.78 Å². The average molecular weight is 817 g/mol. The van der Waals surface area contributed by atoms with Crippen LogP contribution in [0.2, 0.25) is 0 Å². The van der Waals surface area contributed by atoms with E-state index >= 15 is 8.78 Å². The quantitative estimate of drug-likeness (QED) is 0.236. The van der Waals surface area contributed by atoms with Gasteiger partial charge in [0.15, 0.2) is 0 Å². The van der Waals surface area contributed by atoms with Gasteiger partial charge in [0.25, 0.3) is 0 Å². The van der Waals surface area contributed by atoms with Crippen LogP contribution in [0.1, 0.15) is 156 Å². The van der Waals surface area contributed by atoms with Gasteiger partial charge in [-0.1, -0.05) is 107 Å². The lowest BCUT2D eigenvalue weighted by atomic mass is 9.45. The first-order chi connectivity index (χ1) is 29.3. The molecule has 2 nitrogen and oxygen atoms in total. The van der Waals surface area contributed by atoms with Crippen LogP contribution in [0.5, 0.6) is 0 Å². The van der Waals surface area contributed by atoms with Crippen LogP contribution in [-0.4, -0.2) is 52.4 Å². The molecule has 60 heavy (non-hydrogen) atoms. The number of halogens is 2. The summed E-state index contributed by atoms with van der Waals surface area (Å²) in [6.07, 6.45) is 44.8. The van der Waals surface area contributed by atoms with Gasteiger partial charge in [-0.05, 0) is 184 Å². The molecule has 0 amide bonds. The maximum absolute atomic E-state index is 15.1. The van der Waals surface area contributed by atoms with Gasteiger partial charge in [-0.15, -0.1) is 0 Å². The summed E-state index contributed by atoms with van der Waals surface area (Å²) < 4.78 is 30.1. The number of alkyl halides is 2. The van der Waals surface area contributed by atoms with E-state index in [1.165, 1.54) is 95.6 Å². The third-order valence-corrected chi connectivity index (χ3v) is 20.7. The van der Waals surface area contributed by atoms with Crippen LogP contribution in [0.4, 0.5) is 8.78 Å². The maximum atomic E-state index is 15.1. The van der Waals surface area contributed by atoms with Crippen LogP contribution < -0.4 is 0 Å². The van der Waals surface area contributed by atoms with E-state index < -0.39 is 12.3 Å². The van der Waals surface area contributed by atoms with Crippen molar-refractivity contribution in [1.82, 2.24) is 9.80 Å². The summed E-state index contributed by atoms with van der Waals surface area (Å²) in [5.41, 5.74) is 7.07. The van der Waals surface area contributed by atoms with E-state index in [4.69, 9.17) is 0 Å². The van der Waals surface area contributed by atoms with Crippen molar-refractivity contribution in [2.45, 2.75) is 198 Å². The second kappa shape index (κ2) is 15.4. The molecule has 326 valence electrons. The van der Waals surface area contributed by atoms with Gasteiger partial charge in [-0.3, -0.25) is 4.90 Å². The van der Waals surface area contributed by atoms with Crippen LogP contribution in [-0.2, 0) is 0 Å². The summed E-state index contributed by atoms with van der Waals surface area (Å²) in [6.45, 7) is 7.69. The van der Waals surface area contributed by atoms with E-state index in [0.29, 0.717) is 78.6 Å². The van der Waals surface area contributed by atoms with Gasteiger partial charge in [-0.2, -0.15) is 0 Å². The first kappa shape index (κ1) is 39.6. The van der Waals surface area contributed by atoms with E-state index in [-0.39, 0.29) is 5.41 Å². The van der Waals surface area contributed by atoms with E-state index in [0.717, 1.165) is 67.6 Å². The molecule has 0 heterocycles. The molecule has 0 aromatic rings. The third kappa shape index (κ3) is 6.31. The normalized spacial score (nSPS) is 49.5. The Balaban J connectivity index is 0.990. The van der Waals surface area contributed by atoms with E-state index in [1.54, 1.807) is 5.57 Å². The monoisotopic (exact) mass is 817 g/mol. The summed E-state index contributed by atoms with van der Waals surface area (Å²) in [5.74, 6) is 8.44. The molecule has 0 spiro atoms. The van der Waals surface area contributed by atoms with Gasteiger partial charge in [0.2, 0.25) is 0 Å². The number of fused-ring (bicyclic) bond motifs is 2. The lowest BCUT2D eigenvalue weighted by molar-refractivity contribution is -0.0527. The van der Waals surface area contributed by atoms with Gasteiger partial charge in [0.1, 0.15) is 12.3 Å². The van der Waals surface area contributed by atoms with Crippen LogP contribution in [0.3, 0.4) is 0 Å². The molecule has 5 saturated carbocycles. The van der Waals surface area contributed by atoms with Crippen molar-refractivity contribution in [3.63, 3.8) is 0 Å². The topological polar surface area (TPSA) is 6.48 Å². The van der Waals surface area contributed by atoms with E-state index in [1.807, 2.05) is 11.1 Å². The molecular formula is C56H78F2N2. The predicted molar refractivity (Wildman–Crippen MR) is 241 cm³/mol. The van der Waals surface area contributed by atoms with Gasteiger partial charge in [-0.25, -0.2) is 8.78 Å². The van der Waals surface area contributed by atoms with Gasteiger partial charge < -0.3 is 4.90 Å². The lowest BCUT2D eigenvalue weighted by Gasteiger charge is -2.64. The number of rotatable bonds is 7. The van der Waals surface area contributed by atoms with E-state index in [9.17, 15) is 0 Å². The smallest absolute Gasteiger partial charge is 0.104 e. The second-order valence-electron chi connectivity index (χ2n) is 23.8. The van der Waals surface area contributed by atoms with Gasteiger partial charge in [0.05, 0.1) is 6.04 Å². The Bertz CT molecular complexity index is 1840. The molecule has 4 heteroatoms. The van der Waals surface area contributed by atoms with E-state index in [2.05, 4.69) is 79.2 Å². The lowest BCUT2D eigenvalue weighted by Crippen LogP contribution is -2.63. The first-order valence-electron chi connectivity index (χ1n) is 26.3. The Kier molecular flexibility index (Phi) is 10.1. The number of nitrogens with zero attached hydrogens (tertiary/aromatic N) is 2. The Labute approximate surface area is 362 Å². The molecule has 12 aliphatic carbocycles. The molecule has 16 unspecified atom stereocenters. The highest BCUT2D eigenvalue weighted by Crippen LogP contribution is 2.67. The Morgan fingerprint density at radius 3 is 2.25 bits per heavy atom. The van der Waals surface area contributed by atoms with Gasteiger partial charge >= 0.3 is 0 Å². The summed E-state index contributed by atoms with van der Waals surface area (Å²) in [5, 5.41) is 0. The molecule has 0 aromatic carbocycles. The minimum Gasteiger partial charge on any atom is -0.365 e. The molecule has 0 aliphatic heterocycles. The van der Waals surface area contributed by atoms with Crippen LogP contribution >= 0.6 is 0 Å². The van der Waals surface area contributed by atoms with Crippen molar-refractivity contribution in [2.75, 3.05) is 0 Å². The molecule has 17 atom stereocenters. The zero-order valence-electron chi connectivity index (χ0n) is 37.6. The number of hydrogen-bond donors (Lipinski definition) is 0. The number of allylic oxidation sites excluding steroid dienone is 7. The van der Waals surface area contributed by atoms with Crippen molar-refractivity contribution in [3.05, 3.63) is 71.0 Å². The highest BCUT2D eigenvalue weighted by Gasteiger charge is 2.62. The molecule has 0 bridgehead atoms. The average Bonchev–Trinajstić information content (AvgIpc) is 4.03. The zero-order valence-corrected chi connectivity index (χ0v) is 37.6. The molecule has 0 aromatic heterocycles. The van der Waals surface area contributed by atoms with Crippen molar-refractivity contribution in [3.8, 4) is 0 Å². The fourth-order valence-electron chi connectivity index (χ4n) is 18.0. The molecule has 12 aliphatic rings. The van der Waals surface area contributed by atoms with Crippen molar-refractivity contribution >= 4 is 0 Å². The molecule has 0 radical (unpaired) electrons. The Hall–Kier alpha value is -1.94. The first-order valence-corrected chi connectivity index (χ1v) is 26.3. The van der Waals surface area contributed by atoms with Gasteiger partial charge in [0, 0.05) is 35.8 Å². The molecular weight excluding hydrogens is 739 g/mol. The molecule has 12 rings (SSSR count). The molecule has 0 saturated heterocycles. The minimum atomic E-state index is -0.688. The fourth-order valence-corrected chi connectivity index (χ4v) is 18.0. The Morgan fingerprint density at radius 1 is 0.683 bits per heavy atom. The third-order valence-electron chi connectivity index (χ3n) is 20.7. The summed E-state index contributed by atoms with van der Waals surface area (Å²) in [7, 11) is 0. The summed E-state index contributed by atoms with van der Waals surface area (Å²) in [6, 6.07) is 2.41. The largest absolute Gasteiger partial charge is 0.365 e. The molecule has 0 N–H and O–H groups in total. The standard InChI is InChI=1S/C56H78F2N2/c1-4-33-30-51(60(39-22-18-37(58)19-23-39)49-27-26-43-42-13-7-8-14-44(49)53(42)43)46-32-47-52-35(28-29-56(47,2)3)31-50(45-25-24-41(33)54(46)55(45)52)59(38-20-16-36(57)17-21-38)48-15-9-11-34-10-5-6-12-40(34)48/h9,15,22,24-27,32-34,36-38,40-46,48-51,53-55H,4-8,10-14,16-21,23,28-31H2,1-3H3/t33?,34?,36?,37?,38?,40?,41?,42?,43-,44?,45?,46?,48?,49?,50?,51?,53?,54?,55?/m0/s1. The minimum absolute atomic E-state index is 0.182. The maximum Gasteiger partial charge on any atom is 0.104 e. The van der Waals surface area contributed by atoms with Crippen LogP contribution in [0.15, 0.2) is 71.0 Å². The molecule has 5 fully saturated rings. The highest BCUT2D eigenvalue weighted by atomic mass is 19.1. The Morgan fingerprint density at radius 2 is 1.45 bits per heavy atom.